The van der Waals surface area contributed by atoms with Crippen molar-refractivity contribution in [2.45, 2.75) is 19.8 Å². The van der Waals surface area contributed by atoms with Gasteiger partial charge in [0.2, 0.25) is 0 Å². The van der Waals surface area contributed by atoms with Crippen LogP contribution in [0.15, 0.2) is 102 Å². The third-order valence-corrected chi connectivity index (χ3v) is 5.25. The Labute approximate surface area is 181 Å². The van der Waals surface area contributed by atoms with Crippen LogP contribution < -0.4 is 16.0 Å². The first kappa shape index (κ1) is 20.2. The highest BCUT2D eigenvalue weighted by Gasteiger charge is 2.37. The van der Waals surface area contributed by atoms with Crippen LogP contribution in [0.5, 0.6) is 0 Å². The van der Waals surface area contributed by atoms with Crippen LogP contribution in [0.3, 0.4) is 0 Å². The van der Waals surface area contributed by atoms with E-state index in [4.69, 9.17) is 0 Å². The number of dihydropyridines is 1. The third-order valence-electron chi connectivity index (χ3n) is 5.25. The van der Waals surface area contributed by atoms with E-state index in [1.54, 1.807) is 6.20 Å². The molecule has 2 amide bonds. The summed E-state index contributed by atoms with van der Waals surface area (Å²) in [6, 6.07) is 22.3. The number of allylic oxidation sites excluding steroid dienone is 2. The number of benzene rings is 2. The number of nitrogens with one attached hydrogen (secondary N) is 4. The molecule has 0 spiro atoms. The average molecular weight is 412 g/mol. The number of anilines is 2. The molecular weight excluding hydrogens is 388 g/mol. The first-order valence-corrected chi connectivity index (χ1v) is 10.1. The largest absolute Gasteiger partial charge is 0.364 e. The number of aromatic nitrogens is 1. The van der Waals surface area contributed by atoms with Gasteiger partial charge in [0, 0.05) is 45.8 Å². The first-order valence-electron chi connectivity index (χ1n) is 10.1. The van der Waals surface area contributed by atoms with Gasteiger partial charge in [-0.2, -0.15) is 0 Å². The molecule has 0 atom stereocenters. The summed E-state index contributed by atoms with van der Waals surface area (Å²) >= 11 is 0. The molecular formula is C25H24N4O2. The molecule has 1 aliphatic heterocycles. The SMILES string of the molecule is CC1=C(C(=O)Nc2ccccc2)C(c2ccc[nH]2)C(C(=O)Nc2ccccc2)=C(C)N1. The number of carbonyl (C=O) groups excluding carboxylic acids is 2. The van der Waals surface area contributed by atoms with Gasteiger partial charge in [-0.15, -0.1) is 0 Å². The standard InChI is InChI=1S/C25H24N4O2/c1-16-21(24(30)28-18-10-5-3-6-11-18)23(20-14-9-15-26-20)22(17(2)27-16)25(31)29-19-12-7-4-8-13-19/h3-15,23,26-27H,1-2H3,(H,28,30)(H,29,31). The van der Waals surface area contributed by atoms with Crippen LogP contribution in [0.1, 0.15) is 25.5 Å². The predicted octanol–water partition coefficient (Wildman–Crippen LogP) is 4.53. The first-order chi connectivity index (χ1) is 15.0. The molecule has 6 heteroatoms. The molecule has 156 valence electrons. The van der Waals surface area contributed by atoms with Gasteiger partial charge in [-0.25, -0.2) is 0 Å². The zero-order valence-electron chi connectivity index (χ0n) is 17.4. The van der Waals surface area contributed by atoms with Gasteiger partial charge in [-0.1, -0.05) is 36.4 Å². The highest BCUT2D eigenvalue weighted by Crippen LogP contribution is 2.38. The van der Waals surface area contributed by atoms with Crippen molar-refractivity contribution >= 4 is 23.2 Å². The van der Waals surface area contributed by atoms with Crippen LogP contribution in [0.25, 0.3) is 0 Å². The zero-order chi connectivity index (χ0) is 21.8. The second kappa shape index (κ2) is 8.75. The molecule has 0 fully saturated rings. The van der Waals surface area contributed by atoms with Crippen LogP contribution in [0.2, 0.25) is 0 Å². The lowest BCUT2D eigenvalue weighted by Gasteiger charge is -2.30. The van der Waals surface area contributed by atoms with Crippen LogP contribution in [0.4, 0.5) is 11.4 Å². The van der Waals surface area contributed by atoms with Gasteiger partial charge in [-0.3, -0.25) is 9.59 Å². The fourth-order valence-electron chi connectivity index (χ4n) is 3.87. The molecule has 0 saturated heterocycles. The van der Waals surface area contributed by atoms with Crippen molar-refractivity contribution in [3.8, 4) is 0 Å². The number of rotatable bonds is 5. The quantitative estimate of drug-likeness (QED) is 0.497. The minimum Gasteiger partial charge on any atom is -0.364 e. The fraction of sp³-hybridized carbons (Fsp3) is 0.120. The smallest absolute Gasteiger partial charge is 0.254 e. The van der Waals surface area contributed by atoms with Crippen molar-refractivity contribution in [2.75, 3.05) is 10.6 Å². The molecule has 0 unspecified atom stereocenters. The van der Waals surface area contributed by atoms with E-state index in [1.165, 1.54) is 0 Å². The highest BCUT2D eigenvalue weighted by atomic mass is 16.2. The van der Waals surface area contributed by atoms with Gasteiger partial charge in [0.15, 0.2) is 0 Å². The fourth-order valence-corrected chi connectivity index (χ4v) is 3.87. The Balaban J connectivity index is 1.72. The Hall–Kier alpha value is -4.06. The van der Waals surface area contributed by atoms with Crippen LogP contribution in [-0.2, 0) is 9.59 Å². The topological polar surface area (TPSA) is 86.0 Å². The molecule has 0 radical (unpaired) electrons. The second-order valence-electron chi connectivity index (χ2n) is 7.40. The van der Waals surface area contributed by atoms with E-state index in [1.807, 2.05) is 86.6 Å². The molecule has 0 aliphatic carbocycles. The summed E-state index contributed by atoms with van der Waals surface area (Å²) in [6.45, 7) is 3.70. The summed E-state index contributed by atoms with van der Waals surface area (Å²) in [5, 5.41) is 9.13. The zero-order valence-corrected chi connectivity index (χ0v) is 17.4. The van der Waals surface area contributed by atoms with E-state index in [-0.39, 0.29) is 11.8 Å². The summed E-state index contributed by atoms with van der Waals surface area (Å²) in [5.74, 6) is -1.05. The Morgan fingerprint density at radius 3 is 1.61 bits per heavy atom. The molecule has 4 N–H and O–H groups in total. The monoisotopic (exact) mass is 412 g/mol. The van der Waals surface area contributed by atoms with Crippen LogP contribution in [0, 0.1) is 0 Å². The van der Waals surface area contributed by atoms with Gasteiger partial charge in [0.05, 0.1) is 5.92 Å². The molecule has 1 aromatic heterocycles. The number of para-hydroxylation sites is 2. The van der Waals surface area contributed by atoms with Crippen molar-refractivity contribution in [3.63, 3.8) is 0 Å². The van der Waals surface area contributed by atoms with Gasteiger partial charge < -0.3 is 20.9 Å². The third kappa shape index (κ3) is 4.28. The Morgan fingerprint density at radius 1 is 0.710 bits per heavy atom. The maximum absolute atomic E-state index is 13.3. The van der Waals surface area contributed by atoms with Crippen LogP contribution >= 0.6 is 0 Å². The molecule has 2 heterocycles. The number of amides is 2. The number of H-pyrrole nitrogens is 1. The average Bonchev–Trinajstić information content (AvgIpc) is 3.29. The molecule has 0 saturated carbocycles. The van der Waals surface area contributed by atoms with E-state index >= 15 is 0 Å². The minimum atomic E-state index is -0.538. The van der Waals surface area contributed by atoms with Crippen molar-refractivity contribution in [2.24, 2.45) is 0 Å². The number of carbonyl (C=O) groups is 2. The maximum Gasteiger partial charge on any atom is 0.254 e. The summed E-state index contributed by atoms with van der Waals surface area (Å²) in [4.78, 5) is 29.9. The van der Waals surface area contributed by atoms with Crippen molar-refractivity contribution in [1.82, 2.24) is 10.3 Å². The summed E-state index contributed by atoms with van der Waals surface area (Å²) < 4.78 is 0. The lowest BCUT2D eigenvalue weighted by molar-refractivity contribution is -0.113. The molecule has 2 aromatic carbocycles. The summed E-state index contributed by atoms with van der Waals surface area (Å²) in [5.41, 5.74) is 4.57. The van der Waals surface area contributed by atoms with Crippen molar-refractivity contribution in [3.05, 3.63) is 107 Å². The van der Waals surface area contributed by atoms with E-state index in [0.29, 0.717) is 33.9 Å². The molecule has 1 aliphatic rings. The molecule has 3 aromatic rings. The second-order valence-corrected chi connectivity index (χ2v) is 7.40. The van der Waals surface area contributed by atoms with Gasteiger partial charge >= 0.3 is 0 Å². The van der Waals surface area contributed by atoms with E-state index in [2.05, 4.69) is 20.9 Å². The molecule has 31 heavy (non-hydrogen) atoms. The molecule has 6 nitrogen and oxygen atoms in total. The van der Waals surface area contributed by atoms with Crippen molar-refractivity contribution in [1.29, 1.82) is 0 Å². The minimum absolute atomic E-state index is 0.256. The van der Waals surface area contributed by atoms with E-state index in [0.717, 1.165) is 5.69 Å². The number of hydrogen-bond acceptors (Lipinski definition) is 3. The van der Waals surface area contributed by atoms with Crippen LogP contribution in [-0.4, -0.2) is 16.8 Å². The molecule has 0 bridgehead atoms. The lowest BCUT2D eigenvalue weighted by Crippen LogP contribution is -2.35. The summed E-state index contributed by atoms with van der Waals surface area (Å²) in [6.07, 6.45) is 1.79. The predicted molar refractivity (Wildman–Crippen MR) is 122 cm³/mol. The van der Waals surface area contributed by atoms with E-state index < -0.39 is 5.92 Å². The Morgan fingerprint density at radius 2 is 1.19 bits per heavy atom. The number of hydrogen-bond donors (Lipinski definition) is 4. The normalized spacial score (nSPS) is 14.3. The van der Waals surface area contributed by atoms with Gasteiger partial charge in [0.25, 0.3) is 11.8 Å². The molecule has 4 rings (SSSR count). The summed E-state index contributed by atoms with van der Waals surface area (Å²) in [7, 11) is 0. The van der Waals surface area contributed by atoms with Gasteiger partial charge in [-0.05, 0) is 50.2 Å². The van der Waals surface area contributed by atoms with Gasteiger partial charge in [0.1, 0.15) is 0 Å². The number of aromatic amines is 1. The maximum atomic E-state index is 13.3. The Bertz CT molecular complexity index is 1070. The highest BCUT2D eigenvalue weighted by molar-refractivity contribution is 6.11. The lowest BCUT2D eigenvalue weighted by atomic mass is 9.82. The Kier molecular flexibility index (Phi) is 5.71. The van der Waals surface area contributed by atoms with Crippen molar-refractivity contribution < 1.29 is 9.59 Å². The van der Waals surface area contributed by atoms with E-state index in [9.17, 15) is 9.59 Å².